The van der Waals surface area contributed by atoms with Gasteiger partial charge >= 0.3 is 0 Å². The van der Waals surface area contributed by atoms with Gasteiger partial charge in [-0.1, -0.05) is 49.9 Å². The Labute approximate surface area is 162 Å². The van der Waals surface area contributed by atoms with Crippen molar-refractivity contribution in [3.05, 3.63) is 53.1 Å². The lowest BCUT2D eigenvalue weighted by atomic mass is 9.62. The molecule has 0 spiro atoms. The van der Waals surface area contributed by atoms with Gasteiger partial charge in [-0.3, -0.25) is 0 Å². The van der Waals surface area contributed by atoms with E-state index in [9.17, 15) is 0 Å². The smallest absolute Gasteiger partial charge is 0.0224 e. The van der Waals surface area contributed by atoms with Crippen molar-refractivity contribution in [2.45, 2.75) is 66.1 Å². The molecule has 24 heavy (non-hydrogen) atoms. The molecule has 0 nitrogen and oxygen atoms in total. The molecule has 0 saturated heterocycles. The lowest BCUT2D eigenvalue weighted by molar-refractivity contribution is 0.249. The second-order valence-electron chi connectivity index (χ2n) is 7.26. The first kappa shape index (κ1) is 18.3. The minimum Gasteiger partial charge on any atom is -0.143 e. The summed E-state index contributed by atoms with van der Waals surface area (Å²) in [6, 6.07) is 13.0. The highest BCUT2D eigenvalue weighted by Crippen LogP contribution is 2.49. The Balaban J connectivity index is 2.20. The van der Waals surface area contributed by atoms with Crippen LogP contribution in [0.15, 0.2) is 51.1 Å². The average Bonchev–Trinajstić information content (AvgIpc) is 2.55. The summed E-state index contributed by atoms with van der Waals surface area (Å²) in [5.41, 5.74) is 3.82. The quantitative estimate of drug-likeness (QED) is 0.486. The van der Waals surface area contributed by atoms with E-state index in [4.69, 9.17) is 25.3 Å². The van der Waals surface area contributed by atoms with Crippen molar-refractivity contribution >= 4 is 37.9 Å². The second kappa shape index (κ2) is 7.39. The Morgan fingerprint density at radius 1 is 0.833 bits per heavy atom. The molecule has 0 amide bonds. The lowest BCUT2D eigenvalue weighted by Crippen LogP contribution is -2.35. The van der Waals surface area contributed by atoms with Crippen molar-refractivity contribution in [1.29, 1.82) is 0 Å². The van der Waals surface area contributed by atoms with Crippen molar-refractivity contribution in [3.63, 3.8) is 0 Å². The van der Waals surface area contributed by atoms with E-state index in [1.807, 2.05) is 0 Å². The molecule has 3 heteroatoms. The first-order valence-corrected chi connectivity index (χ1v) is 10.1. The summed E-state index contributed by atoms with van der Waals surface area (Å²) in [7, 11) is 0. The van der Waals surface area contributed by atoms with Gasteiger partial charge in [-0.15, -0.1) is 37.9 Å². The van der Waals surface area contributed by atoms with Gasteiger partial charge in [-0.2, -0.15) is 0 Å². The van der Waals surface area contributed by atoms with E-state index in [0.29, 0.717) is 5.92 Å². The van der Waals surface area contributed by atoms with Crippen LogP contribution in [0.1, 0.15) is 55.7 Å². The van der Waals surface area contributed by atoms with Gasteiger partial charge in [0.1, 0.15) is 0 Å². The molecule has 1 saturated carbocycles. The summed E-state index contributed by atoms with van der Waals surface area (Å²) in [4.78, 5) is 3.08. The zero-order chi connectivity index (χ0) is 17.3. The maximum absolute atomic E-state index is 4.85. The SMILES string of the molecule is Cc1ccc(C(C)(c2ccc(S)cc2S)C2CCCCC2)c(S)c1. The van der Waals surface area contributed by atoms with Gasteiger partial charge in [0.2, 0.25) is 0 Å². The van der Waals surface area contributed by atoms with Crippen LogP contribution in [0.3, 0.4) is 0 Å². The summed E-state index contributed by atoms with van der Waals surface area (Å²) >= 11 is 14.1. The van der Waals surface area contributed by atoms with Gasteiger partial charge in [-0.25, -0.2) is 0 Å². The lowest BCUT2D eigenvalue weighted by Gasteiger charge is -2.42. The highest BCUT2D eigenvalue weighted by molar-refractivity contribution is 7.81. The third kappa shape index (κ3) is 3.40. The van der Waals surface area contributed by atoms with E-state index < -0.39 is 0 Å². The summed E-state index contributed by atoms with van der Waals surface area (Å²) in [5.74, 6) is 0.622. The molecule has 0 heterocycles. The van der Waals surface area contributed by atoms with Gasteiger partial charge in [0.05, 0.1) is 0 Å². The largest absolute Gasteiger partial charge is 0.143 e. The number of hydrogen-bond donors (Lipinski definition) is 3. The van der Waals surface area contributed by atoms with Crippen molar-refractivity contribution in [3.8, 4) is 0 Å². The average molecular weight is 375 g/mol. The minimum atomic E-state index is -0.0657. The molecule has 128 valence electrons. The van der Waals surface area contributed by atoms with Crippen LogP contribution in [0.25, 0.3) is 0 Å². The summed E-state index contributed by atoms with van der Waals surface area (Å²) in [5, 5.41) is 0. The Bertz CT molecular complexity index is 678. The molecule has 0 N–H and O–H groups in total. The molecule has 1 unspecified atom stereocenters. The fraction of sp³-hybridized carbons (Fsp3) is 0.429. The molecular weight excluding hydrogens is 348 g/mol. The molecule has 0 aliphatic heterocycles. The minimum absolute atomic E-state index is 0.0657. The van der Waals surface area contributed by atoms with Crippen molar-refractivity contribution in [2.24, 2.45) is 5.92 Å². The highest BCUT2D eigenvalue weighted by atomic mass is 32.1. The molecular formula is C21H26S3. The Morgan fingerprint density at radius 2 is 1.42 bits per heavy atom. The fourth-order valence-corrected chi connectivity index (χ4v) is 5.57. The van der Waals surface area contributed by atoms with Crippen LogP contribution in [0.5, 0.6) is 0 Å². The van der Waals surface area contributed by atoms with Crippen molar-refractivity contribution in [1.82, 2.24) is 0 Å². The van der Waals surface area contributed by atoms with Gasteiger partial charge in [0, 0.05) is 20.1 Å². The van der Waals surface area contributed by atoms with E-state index in [0.717, 1.165) is 14.7 Å². The monoisotopic (exact) mass is 374 g/mol. The molecule has 2 aromatic rings. The van der Waals surface area contributed by atoms with Crippen LogP contribution < -0.4 is 0 Å². The Morgan fingerprint density at radius 3 is 2.00 bits per heavy atom. The first-order chi connectivity index (χ1) is 11.4. The molecule has 1 fully saturated rings. The maximum Gasteiger partial charge on any atom is 0.0224 e. The van der Waals surface area contributed by atoms with Gasteiger partial charge in [0.25, 0.3) is 0 Å². The van der Waals surface area contributed by atoms with E-state index in [2.05, 4.69) is 62.9 Å². The van der Waals surface area contributed by atoms with Crippen molar-refractivity contribution < 1.29 is 0 Å². The van der Waals surface area contributed by atoms with E-state index in [1.165, 1.54) is 48.8 Å². The van der Waals surface area contributed by atoms with Crippen LogP contribution in [0.2, 0.25) is 0 Å². The van der Waals surface area contributed by atoms with Crippen LogP contribution in [0, 0.1) is 12.8 Å². The van der Waals surface area contributed by atoms with Crippen molar-refractivity contribution in [2.75, 3.05) is 0 Å². The normalized spacial score (nSPS) is 18.4. The van der Waals surface area contributed by atoms with Crippen LogP contribution in [-0.4, -0.2) is 0 Å². The van der Waals surface area contributed by atoms with E-state index in [1.54, 1.807) is 0 Å². The standard InChI is InChI=1S/C21H26S3/c1-14-8-10-17(19(23)12-14)21(2,15-6-4-3-5-7-15)18-11-9-16(22)13-20(18)24/h8-13,15,22-24H,3-7H2,1-2H3. The molecule has 0 radical (unpaired) electrons. The van der Waals surface area contributed by atoms with E-state index in [-0.39, 0.29) is 5.41 Å². The summed E-state index contributed by atoms with van der Waals surface area (Å²) in [6.07, 6.45) is 6.54. The fourth-order valence-electron chi connectivity index (χ4n) is 4.30. The second-order valence-corrected chi connectivity index (χ2v) is 8.74. The van der Waals surface area contributed by atoms with Gasteiger partial charge < -0.3 is 0 Å². The first-order valence-electron chi connectivity index (χ1n) is 8.75. The van der Waals surface area contributed by atoms with Crippen LogP contribution >= 0.6 is 37.9 Å². The number of thiol groups is 3. The predicted octanol–water partition coefficient (Wildman–Crippen LogP) is 6.75. The zero-order valence-corrected chi connectivity index (χ0v) is 17.1. The zero-order valence-electron chi connectivity index (χ0n) is 14.4. The molecule has 3 rings (SSSR count). The highest BCUT2D eigenvalue weighted by Gasteiger charge is 2.40. The third-order valence-electron chi connectivity index (χ3n) is 5.68. The number of aryl methyl sites for hydroxylation is 1. The third-order valence-corrected chi connectivity index (χ3v) is 6.69. The van der Waals surface area contributed by atoms with Crippen LogP contribution in [0.4, 0.5) is 0 Å². The summed E-state index contributed by atoms with van der Waals surface area (Å²) < 4.78 is 0. The number of rotatable bonds is 3. The predicted molar refractivity (Wildman–Crippen MR) is 112 cm³/mol. The maximum atomic E-state index is 4.85. The molecule has 2 aromatic carbocycles. The van der Waals surface area contributed by atoms with Crippen LogP contribution in [-0.2, 0) is 5.41 Å². The van der Waals surface area contributed by atoms with E-state index >= 15 is 0 Å². The topological polar surface area (TPSA) is 0 Å². The molecule has 0 bridgehead atoms. The molecule has 1 atom stereocenters. The molecule has 1 aliphatic rings. The summed E-state index contributed by atoms with van der Waals surface area (Å²) in [6.45, 7) is 4.52. The van der Waals surface area contributed by atoms with Gasteiger partial charge in [0.15, 0.2) is 0 Å². The Kier molecular flexibility index (Phi) is 5.63. The molecule has 0 aromatic heterocycles. The number of hydrogen-bond acceptors (Lipinski definition) is 3. The van der Waals surface area contributed by atoms with Gasteiger partial charge in [-0.05, 0) is 55.0 Å². The molecule has 1 aliphatic carbocycles. The Hall–Kier alpha value is -0.510. The number of benzene rings is 2.